The summed E-state index contributed by atoms with van der Waals surface area (Å²) in [4.78, 5) is 15.4. The number of benzene rings is 1. The van der Waals surface area contributed by atoms with Gasteiger partial charge in [-0.2, -0.15) is 0 Å². The van der Waals surface area contributed by atoms with Crippen molar-refractivity contribution >= 4 is 17.5 Å². The molecule has 0 aromatic heterocycles. The fourth-order valence-electron chi connectivity index (χ4n) is 3.48. The van der Waals surface area contributed by atoms with E-state index in [1.165, 1.54) is 0 Å². The molecule has 126 valence electrons. The lowest BCUT2D eigenvalue weighted by Crippen LogP contribution is -2.63. The van der Waals surface area contributed by atoms with Gasteiger partial charge < -0.3 is 10.1 Å². The lowest BCUT2D eigenvalue weighted by molar-refractivity contribution is -0.132. The molecule has 2 aliphatic heterocycles. The summed E-state index contributed by atoms with van der Waals surface area (Å²) in [6, 6.07) is 8.49. The van der Waals surface area contributed by atoms with Gasteiger partial charge in [-0.05, 0) is 44.4 Å². The van der Waals surface area contributed by atoms with Crippen LogP contribution in [0.15, 0.2) is 24.3 Å². The van der Waals surface area contributed by atoms with Crippen LogP contribution in [-0.2, 0) is 14.9 Å². The largest absolute Gasteiger partial charge is 0.381 e. The minimum atomic E-state index is -0.485. The van der Waals surface area contributed by atoms with Crippen molar-refractivity contribution in [3.63, 3.8) is 0 Å². The van der Waals surface area contributed by atoms with E-state index in [0.29, 0.717) is 24.3 Å². The van der Waals surface area contributed by atoms with Crippen LogP contribution in [0.4, 0.5) is 0 Å². The third kappa shape index (κ3) is 3.39. The predicted molar refractivity (Wildman–Crippen MR) is 91.8 cm³/mol. The van der Waals surface area contributed by atoms with Gasteiger partial charge >= 0.3 is 0 Å². The molecule has 0 aliphatic carbocycles. The second-order valence-electron chi connectivity index (χ2n) is 6.92. The minimum absolute atomic E-state index is 0.136. The quantitative estimate of drug-likeness (QED) is 0.919. The Hall–Kier alpha value is -1.10. The monoisotopic (exact) mass is 336 g/mol. The van der Waals surface area contributed by atoms with E-state index in [2.05, 4.69) is 24.1 Å². The third-order valence-electron chi connectivity index (χ3n) is 5.15. The molecule has 1 aromatic rings. The molecule has 4 nitrogen and oxygen atoms in total. The maximum atomic E-state index is 13.1. The number of ether oxygens (including phenoxy) is 1. The van der Waals surface area contributed by atoms with Crippen LogP contribution in [0.25, 0.3) is 0 Å². The predicted octanol–water partition coefficient (Wildman–Crippen LogP) is 2.60. The number of amides is 1. The van der Waals surface area contributed by atoms with E-state index in [4.69, 9.17) is 16.3 Å². The Kier molecular flexibility index (Phi) is 4.95. The van der Waals surface area contributed by atoms with Gasteiger partial charge in [-0.25, -0.2) is 0 Å². The summed E-state index contributed by atoms with van der Waals surface area (Å²) < 4.78 is 5.50. The molecule has 0 spiro atoms. The van der Waals surface area contributed by atoms with Crippen LogP contribution in [0.2, 0.25) is 5.02 Å². The third-order valence-corrected chi connectivity index (χ3v) is 5.41. The van der Waals surface area contributed by atoms with Crippen LogP contribution in [0.1, 0.15) is 32.3 Å². The van der Waals surface area contributed by atoms with Crippen molar-refractivity contribution in [1.82, 2.24) is 10.2 Å². The van der Waals surface area contributed by atoms with Gasteiger partial charge in [0.15, 0.2) is 0 Å². The lowest BCUT2D eigenvalue weighted by Gasteiger charge is -2.44. The molecule has 0 saturated carbocycles. The van der Waals surface area contributed by atoms with Crippen molar-refractivity contribution in [3.05, 3.63) is 34.9 Å². The van der Waals surface area contributed by atoms with E-state index in [1.54, 1.807) is 0 Å². The number of halogens is 1. The second-order valence-corrected chi connectivity index (χ2v) is 7.36. The summed E-state index contributed by atoms with van der Waals surface area (Å²) in [5.74, 6) is 0.136. The Balaban J connectivity index is 1.74. The molecule has 0 atom stereocenters. The van der Waals surface area contributed by atoms with Gasteiger partial charge in [-0.3, -0.25) is 9.69 Å². The molecule has 1 amide bonds. The van der Waals surface area contributed by atoms with Gasteiger partial charge in [-0.1, -0.05) is 23.7 Å². The van der Waals surface area contributed by atoms with Gasteiger partial charge in [-0.15, -0.1) is 0 Å². The molecule has 1 aromatic carbocycles. The molecule has 2 heterocycles. The van der Waals surface area contributed by atoms with E-state index in [9.17, 15) is 4.79 Å². The van der Waals surface area contributed by atoms with Crippen LogP contribution in [0.3, 0.4) is 0 Å². The van der Waals surface area contributed by atoms with Gasteiger partial charge in [0, 0.05) is 37.4 Å². The van der Waals surface area contributed by atoms with E-state index in [-0.39, 0.29) is 11.9 Å². The fourth-order valence-corrected chi connectivity index (χ4v) is 3.61. The number of nitrogens with zero attached hydrogens (tertiary/aromatic N) is 1. The molecule has 1 N–H and O–H groups in total. The Morgan fingerprint density at radius 2 is 1.87 bits per heavy atom. The van der Waals surface area contributed by atoms with Crippen LogP contribution in [0, 0.1) is 0 Å². The molecule has 2 saturated heterocycles. The number of likely N-dealkylation sites (tertiary alicyclic amines) is 1. The van der Waals surface area contributed by atoms with Gasteiger partial charge in [0.25, 0.3) is 0 Å². The van der Waals surface area contributed by atoms with Gasteiger partial charge in [0.2, 0.25) is 5.91 Å². The molecule has 0 radical (unpaired) electrons. The SMILES string of the molecule is CC(C)N1CC(NC(=O)C2(c3ccc(Cl)cc3)CCOCC2)C1. The zero-order chi connectivity index (χ0) is 16.4. The topological polar surface area (TPSA) is 41.6 Å². The number of rotatable bonds is 4. The smallest absolute Gasteiger partial charge is 0.231 e. The molecule has 2 fully saturated rings. The van der Waals surface area contributed by atoms with Crippen molar-refractivity contribution in [2.75, 3.05) is 26.3 Å². The molecule has 3 rings (SSSR count). The van der Waals surface area contributed by atoms with E-state index >= 15 is 0 Å². The maximum Gasteiger partial charge on any atom is 0.231 e. The highest BCUT2D eigenvalue weighted by Crippen LogP contribution is 2.36. The molecule has 2 aliphatic rings. The maximum absolute atomic E-state index is 13.1. The summed E-state index contributed by atoms with van der Waals surface area (Å²) in [6.45, 7) is 7.50. The minimum Gasteiger partial charge on any atom is -0.381 e. The number of nitrogens with one attached hydrogen (secondary N) is 1. The molecular formula is C18H25ClN2O2. The number of hydrogen-bond acceptors (Lipinski definition) is 3. The fraction of sp³-hybridized carbons (Fsp3) is 0.611. The number of carbonyl (C=O) groups excluding carboxylic acids is 1. The van der Waals surface area contributed by atoms with Crippen LogP contribution in [0.5, 0.6) is 0 Å². The number of hydrogen-bond donors (Lipinski definition) is 1. The average Bonchev–Trinajstić information content (AvgIpc) is 2.51. The van der Waals surface area contributed by atoms with Crippen molar-refractivity contribution < 1.29 is 9.53 Å². The summed E-state index contributed by atoms with van der Waals surface area (Å²) in [7, 11) is 0. The molecule has 0 bridgehead atoms. The highest BCUT2D eigenvalue weighted by molar-refractivity contribution is 6.30. The lowest BCUT2D eigenvalue weighted by atomic mass is 9.73. The van der Waals surface area contributed by atoms with Gasteiger partial charge in [0.05, 0.1) is 11.5 Å². The first-order chi connectivity index (χ1) is 11.0. The first-order valence-electron chi connectivity index (χ1n) is 8.40. The highest BCUT2D eigenvalue weighted by atomic mass is 35.5. The number of carbonyl (C=O) groups is 1. The summed E-state index contributed by atoms with van der Waals surface area (Å²) in [5.41, 5.74) is 0.559. The summed E-state index contributed by atoms with van der Waals surface area (Å²) in [5, 5.41) is 3.95. The van der Waals surface area contributed by atoms with Crippen LogP contribution >= 0.6 is 11.6 Å². The first kappa shape index (κ1) is 16.7. The van der Waals surface area contributed by atoms with Crippen molar-refractivity contribution in [1.29, 1.82) is 0 Å². The van der Waals surface area contributed by atoms with E-state index < -0.39 is 5.41 Å². The molecule has 5 heteroatoms. The summed E-state index contributed by atoms with van der Waals surface area (Å²) in [6.07, 6.45) is 1.45. The Labute approximate surface area is 143 Å². The normalized spacial score (nSPS) is 21.9. The van der Waals surface area contributed by atoms with Gasteiger partial charge in [0.1, 0.15) is 0 Å². The zero-order valence-corrected chi connectivity index (χ0v) is 14.6. The standard InChI is InChI=1S/C18H25ClN2O2/c1-13(2)21-11-16(12-21)20-17(22)18(7-9-23-10-8-18)14-3-5-15(19)6-4-14/h3-6,13,16H,7-12H2,1-2H3,(H,20,22). The molecule has 23 heavy (non-hydrogen) atoms. The molecule has 0 unspecified atom stereocenters. The zero-order valence-electron chi connectivity index (χ0n) is 13.8. The average molecular weight is 337 g/mol. The van der Waals surface area contributed by atoms with Crippen LogP contribution < -0.4 is 5.32 Å². The van der Waals surface area contributed by atoms with Crippen molar-refractivity contribution in [3.8, 4) is 0 Å². The van der Waals surface area contributed by atoms with Crippen molar-refractivity contribution in [2.24, 2.45) is 0 Å². The Bertz CT molecular complexity index is 547. The van der Waals surface area contributed by atoms with Crippen molar-refractivity contribution in [2.45, 2.75) is 44.2 Å². The second kappa shape index (κ2) is 6.80. The van der Waals surface area contributed by atoms with Crippen LogP contribution in [-0.4, -0.2) is 49.2 Å². The highest BCUT2D eigenvalue weighted by Gasteiger charge is 2.43. The first-order valence-corrected chi connectivity index (χ1v) is 8.78. The molecular weight excluding hydrogens is 312 g/mol. The Morgan fingerprint density at radius 3 is 2.43 bits per heavy atom. The van der Waals surface area contributed by atoms with E-state index in [0.717, 1.165) is 31.5 Å². The summed E-state index contributed by atoms with van der Waals surface area (Å²) >= 11 is 6.01. The van der Waals surface area contributed by atoms with E-state index in [1.807, 2.05) is 24.3 Å². The Morgan fingerprint density at radius 1 is 1.26 bits per heavy atom.